The number of rotatable bonds is 4. The van der Waals surface area contributed by atoms with Crippen LogP contribution in [0.1, 0.15) is 64.4 Å². The SMILES string of the molecule is CCC1CCC(N(C)c2ncnc(Cl)c2C(C)C)CC1. The highest BCUT2D eigenvalue weighted by atomic mass is 35.5. The fourth-order valence-electron chi connectivity index (χ4n) is 3.26. The van der Waals surface area contributed by atoms with Crippen molar-refractivity contribution in [3.63, 3.8) is 0 Å². The lowest BCUT2D eigenvalue weighted by molar-refractivity contribution is 0.312. The minimum absolute atomic E-state index is 0.341. The lowest BCUT2D eigenvalue weighted by atomic mass is 9.84. The number of halogens is 1. The predicted molar refractivity (Wildman–Crippen MR) is 85.6 cm³/mol. The van der Waals surface area contributed by atoms with Gasteiger partial charge in [0.05, 0.1) is 0 Å². The van der Waals surface area contributed by atoms with Crippen LogP contribution < -0.4 is 4.90 Å². The molecular weight excluding hydrogens is 270 g/mol. The Balaban J connectivity index is 2.17. The largest absolute Gasteiger partial charge is 0.356 e. The maximum absolute atomic E-state index is 6.28. The molecule has 0 aromatic carbocycles. The molecule has 0 unspecified atom stereocenters. The number of aromatic nitrogens is 2. The Hall–Kier alpha value is -0.830. The molecule has 0 atom stereocenters. The highest BCUT2D eigenvalue weighted by Gasteiger charge is 2.26. The molecule has 0 N–H and O–H groups in total. The Morgan fingerprint density at radius 1 is 1.25 bits per heavy atom. The molecule has 0 radical (unpaired) electrons. The maximum Gasteiger partial charge on any atom is 0.138 e. The van der Waals surface area contributed by atoms with Crippen LogP contribution >= 0.6 is 11.6 Å². The topological polar surface area (TPSA) is 29.0 Å². The second-order valence-corrected chi connectivity index (χ2v) is 6.61. The zero-order valence-electron chi connectivity index (χ0n) is 13.1. The molecule has 0 bridgehead atoms. The van der Waals surface area contributed by atoms with Gasteiger partial charge in [-0.3, -0.25) is 0 Å². The van der Waals surface area contributed by atoms with Gasteiger partial charge in [-0.25, -0.2) is 9.97 Å². The van der Waals surface area contributed by atoms with Crippen molar-refractivity contribution in [3.8, 4) is 0 Å². The Morgan fingerprint density at radius 2 is 1.90 bits per heavy atom. The summed E-state index contributed by atoms with van der Waals surface area (Å²) in [7, 11) is 2.15. The zero-order chi connectivity index (χ0) is 14.7. The summed E-state index contributed by atoms with van der Waals surface area (Å²) in [5, 5.41) is 0.596. The van der Waals surface area contributed by atoms with Crippen molar-refractivity contribution in [1.82, 2.24) is 9.97 Å². The van der Waals surface area contributed by atoms with E-state index in [-0.39, 0.29) is 0 Å². The van der Waals surface area contributed by atoms with Crippen LogP contribution in [0, 0.1) is 5.92 Å². The summed E-state index contributed by atoms with van der Waals surface area (Å²) >= 11 is 6.28. The van der Waals surface area contributed by atoms with Crippen LogP contribution in [0.3, 0.4) is 0 Å². The maximum atomic E-state index is 6.28. The van der Waals surface area contributed by atoms with Crippen LogP contribution in [0.4, 0.5) is 5.82 Å². The van der Waals surface area contributed by atoms with Crippen LogP contribution in [0.5, 0.6) is 0 Å². The molecule has 1 aromatic heterocycles. The molecule has 112 valence electrons. The van der Waals surface area contributed by atoms with E-state index in [0.717, 1.165) is 17.3 Å². The van der Waals surface area contributed by atoms with Gasteiger partial charge in [-0.05, 0) is 37.5 Å². The molecular formula is C16H26ClN3. The van der Waals surface area contributed by atoms with Gasteiger partial charge in [-0.15, -0.1) is 0 Å². The first-order chi connectivity index (χ1) is 9.54. The van der Waals surface area contributed by atoms with Gasteiger partial charge in [0.2, 0.25) is 0 Å². The third-order valence-electron chi connectivity index (χ3n) is 4.67. The lowest BCUT2D eigenvalue weighted by Gasteiger charge is -2.36. The van der Waals surface area contributed by atoms with Gasteiger partial charge in [0.1, 0.15) is 17.3 Å². The third-order valence-corrected chi connectivity index (χ3v) is 4.97. The zero-order valence-corrected chi connectivity index (χ0v) is 13.8. The van der Waals surface area contributed by atoms with E-state index in [9.17, 15) is 0 Å². The molecule has 2 rings (SSSR count). The van der Waals surface area contributed by atoms with Gasteiger partial charge in [0.25, 0.3) is 0 Å². The molecule has 1 aliphatic carbocycles. The van der Waals surface area contributed by atoms with E-state index < -0.39 is 0 Å². The van der Waals surface area contributed by atoms with E-state index in [4.69, 9.17) is 11.6 Å². The van der Waals surface area contributed by atoms with Crippen LogP contribution in [0.25, 0.3) is 0 Å². The fraction of sp³-hybridized carbons (Fsp3) is 0.750. The molecule has 0 amide bonds. The van der Waals surface area contributed by atoms with Gasteiger partial charge >= 0.3 is 0 Å². The van der Waals surface area contributed by atoms with E-state index in [2.05, 4.69) is 42.7 Å². The average Bonchev–Trinajstić information content (AvgIpc) is 2.46. The molecule has 20 heavy (non-hydrogen) atoms. The number of hydrogen-bond acceptors (Lipinski definition) is 3. The summed E-state index contributed by atoms with van der Waals surface area (Å²) in [6.45, 7) is 6.60. The van der Waals surface area contributed by atoms with Gasteiger partial charge in [0, 0.05) is 18.7 Å². The fourth-order valence-corrected chi connectivity index (χ4v) is 3.60. The number of anilines is 1. The Labute approximate surface area is 127 Å². The summed E-state index contributed by atoms with van der Waals surface area (Å²) in [6.07, 6.45) is 8.08. The summed E-state index contributed by atoms with van der Waals surface area (Å²) in [5.41, 5.74) is 1.08. The van der Waals surface area contributed by atoms with E-state index in [1.807, 2.05) is 0 Å². The monoisotopic (exact) mass is 295 g/mol. The molecule has 0 aliphatic heterocycles. The van der Waals surface area contributed by atoms with Gasteiger partial charge < -0.3 is 4.90 Å². The van der Waals surface area contributed by atoms with Crippen molar-refractivity contribution in [2.45, 2.75) is 64.8 Å². The van der Waals surface area contributed by atoms with Crippen LogP contribution in [-0.4, -0.2) is 23.1 Å². The standard InChI is InChI=1S/C16H26ClN3/c1-5-12-6-8-13(9-7-12)20(4)16-14(11(2)3)15(17)18-10-19-16/h10-13H,5-9H2,1-4H3. The summed E-state index contributed by atoms with van der Waals surface area (Å²) in [6, 6.07) is 0.585. The first-order valence-electron chi connectivity index (χ1n) is 7.77. The second kappa shape index (κ2) is 6.75. The van der Waals surface area contributed by atoms with Crippen molar-refractivity contribution in [1.29, 1.82) is 0 Å². The van der Waals surface area contributed by atoms with Gasteiger partial charge in [-0.2, -0.15) is 0 Å². The summed E-state index contributed by atoms with van der Waals surface area (Å²) in [4.78, 5) is 11.0. The first kappa shape index (κ1) is 15.6. The summed E-state index contributed by atoms with van der Waals surface area (Å²) in [5.74, 6) is 2.27. The quantitative estimate of drug-likeness (QED) is 0.757. The minimum atomic E-state index is 0.341. The van der Waals surface area contributed by atoms with Crippen LogP contribution in [0.2, 0.25) is 5.15 Å². The highest BCUT2D eigenvalue weighted by Crippen LogP contribution is 2.35. The second-order valence-electron chi connectivity index (χ2n) is 6.25. The molecule has 1 aromatic rings. The Bertz CT molecular complexity index is 439. The average molecular weight is 296 g/mol. The number of nitrogens with zero attached hydrogens (tertiary/aromatic N) is 3. The van der Waals surface area contributed by atoms with Crippen molar-refractivity contribution >= 4 is 17.4 Å². The summed E-state index contributed by atoms with van der Waals surface area (Å²) < 4.78 is 0. The van der Waals surface area contributed by atoms with E-state index >= 15 is 0 Å². The molecule has 1 heterocycles. The Morgan fingerprint density at radius 3 is 2.45 bits per heavy atom. The van der Waals surface area contributed by atoms with Gasteiger partial charge in [-0.1, -0.05) is 38.8 Å². The molecule has 0 spiro atoms. The van der Waals surface area contributed by atoms with Crippen LogP contribution in [-0.2, 0) is 0 Å². The van der Waals surface area contributed by atoms with Crippen molar-refractivity contribution in [2.24, 2.45) is 5.92 Å². The normalized spacial score (nSPS) is 23.1. The predicted octanol–water partition coefficient (Wildman–Crippen LogP) is 4.66. The van der Waals surface area contributed by atoms with E-state index in [0.29, 0.717) is 17.1 Å². The molecule has 1 saturated carbocycles. The molecule has 0 saturated heterocycles. The van der Waals surface area contributed by atoms with Gasteiger partial charge in [0.15, 0.2) is 0 Å². The van der Waals surface area contributed by atoms with Crippen molar-refractivity contribution in [3.05, 3.63) is 17.0 Å². The first-order valence-corrected chi connectivity index (χ1v) is 8.15. The molecule has 3 nitrogen and oxygen atoms in total. The number of hydrogen-bond donors (Lipinski definition) is 0. The van der Waals surface area contributed by atoms with E-state index in [1.165, 1.54) is 32.1 Å². The van der Waals surface area contributed by atoms with Crippen LogP contribution in [0.15, 0.2) is 6.33 Å². The highest BCUT2D eigenvalue weighted by molar-refractivity contribution is 6.30. The smallest absolute Gasteiger partial charge is 0.138 e. The lowest BCUT2D eigenvalue weighted by Crippen LogP contribution is -2.36. The van der Waals surface area contributed by atoms with Crippen molar-refractivity contribution < 1.29 is 0 Å². The molecule has 1 fully saturated rings. The third kappa shape index (κ3) is 3.25. The Kier molecular flexibility index (Phi) is 5.25. The molecule has 1 aliphatic rings. The van der Waals surface area contributed by atoms with Crippen molar-refractivity contribution in [2.75, 3.05) is 11.9 Å². The minimum Gasteiger partial charge on any atom is -0.356 e. The van der Waals surface area contributed by atoms with E-state index in [1.54, 1.807) is 6.33 Å². The molecule has 4 heteroatoms.